The van der Waals surface area contributed by atoms with Crippen LogP contribution in [-0.4, -0.2) is 52.4 Å². The Bertz CT molecular complexity index is 857. The number of likely N-dealkylation sites (tertiary alicyclic amines) is 2. The summed E-state index contributed by atoms with van der Waals surface area (Å²) in [5.74, 6) is -0.0621. The van der Waals surface area contributed by atoms with Gasteiger partial charge < -0.3 is 14.9 Å². The summed E-state index contributed by atoms with van der Waals surface area (Å²) in [7, 11) is 1.89. The van der Waals surface area contributed by atoms with Gasteiger partial charge in [-0.3, -0.25) is 9.59 Å². The summed E-state index contributed by atoms with van der Waals surface area (Å²) in [6, 6.07) is 16.6. The molecule has 2 heterocycles. The maximum absolute atomic E-state index is 12.9. The SMILES string of the molecule is CN1C(=O)[C@@H](c2ccccc2)CC12CCN(C(=O)c1ccccc1O)CC2. The van der Waals surface area contributed by atoms with Crippen LogP contribution >= 0.6 is 0 Å². The summed E-state index contributed by atoms with van der Waals surface area (Å²) in [4.78, 5) is 29.3. The quantitative estimate of drug-likeness (QED) is 0.891. The Morgan fingerprint density at radius 3 is 2.33 bits per heavy atom. The van der Waals surface area contributed by atoms with Gasteiger partial charge in [0, 0.05) is 25.7 Å². The second-order valence-corrected chi connectivity index (χ2v) is 7.60. The van der Waals surface area contributed by atoms with E-state index < -0.39 is 0 Å². The first kappa shape index (κ1) is 17.6. The Kier molecular flexibility index (Phi) is 4.38. The van der Waals surface area contributed by atoms with Crippen LogP contribution in [0.3, 0.4) is 0 Å². The Morgan fingerprint density at radius 2 is 1.67 bits per heavy atom. The molecule has 2 fully saturated rings. The van der Waals surface area contributed by atoms with Crippen LogP contribution in [-0.2, 0) is 4.79 Å². The van der Waals surface area contributed by atoms with Gasteiger partial charge in [0.05, 0.1) is 11.5 Å². The van der Waals surface area contributed by atoms with Crippen LogP contribution in [0.1, 0.15) is 41.1 Å². The van der Waals surface area contributed by atoms with Crippen LogP contribution in [0.15, 0.2) is 54.6 Å². The number of phenols is 1. The molecule has 5 nitrogen and oxygen atoms in total. The minimum absolute atomic E-state index is 0.0140. The lowest BCUT2D eigenvalue weighted by Crippen LogP contribution is -2.52. The van der Waals surface area contributed by atoms with Crippen molar-refractivity contribution in [2.45, 2.75) is 30.7 Å². The van der Waals surface area contributed by atoms with Crippen molar-refractivity contribution in [3.05, 3.63) is 65.7 Å². The van der Waals surface area contributed by atoms with E-state index in [0.717, 1.165) is 24.8 Å². The van der Waals surface area contributed by atoms with Crippen molar-refractivity contribution in [2.75, 3.05) is 20.1 Å². The zero-order chi connectivity index (χ0) is 19.0. The van der Waals surface area contributed by atoms with E-state index in [2.05, 4.69) is 0 Å². The van der Waals surface area contributed by atoms with Gasteiger partial charge in [0.1, 0.15) is 5.75 Å². The minimum atomic E-state index is -0.187. The molecule has 0 aliphatic carbocycles. The lowest BCUT2D eigenvalue weighted by atomic mass is 9.81. The number of aromatic hydroxyl groups is 1. The van der Waals surface area contributed by atoms with E-state index >= 15 is 0 Å². The molecule has 2 aromatic rings. The molecule has 0 bridgehead atoms. The molecule has 27 heavy (non-hydrogen) atoms. The number of amides is 2. The number of carbonyl (C=O) groups is 2. The first-order valence-electron chi connectivity index (χ1n) is 9.42. The molecule has 140 valence electrons. The molecule has 0 aromatic heterocycles. The summed E-state index contributed by atoms with van der Waals surface area (Å²) in [5.41, 5.74) is 1.22. The van der Waals surface area contributed by atoms with Gasteiger partial charge >= 0.3 is 0 Å². The summed E-state index contributed by atoms with van der Waals surface area (Å²) in [6.07, 6.45) is 2.32. The van der Waals surface area contributed by atoms with Gasteiger partial charge in [-0.2, -0.15) is 0 Å². The molecule has 0 unspecified atom stereocenters. The number of piperidine rings is 1. The highest BCUT2D eigenvalue weighted by molar-refractivity contribution is 5.97. The van der Waals surface area contributed by atoms with Crippen LogP contribution in [0, 0.1) is 0 Å². The second kappa shape index (κ2) is 6.72. The van der Waals surface area contributed by atoms with Gasteiger partial charge in [0.2, 0.25) is 5.91 Å². The van der Waals surface area contributed by atoms with E-state index in [1.54, 1.807) is 23.1 Å². The molecule has 0 saturated carbocycles. The van der Waals surface area contributed by atoms with Crippen molar-refractivity contribution >= 4 is 11.8 Å². The highest BCUT2D eigenvalue weighted by atomic mass is 16.3. The molecule has 2 aliphatic heterocycles. The molecule has 5 heteroatoms. The predicted molar refractivity (Wildman–Crippen MR) is 103 cm³/mol. The summed E-state index contributed by atoms with van der Waals surface area (Å²) >= 11 is 0. The third kappa shape index (κ3) is 2.97. The molecule has 4 rings (SSSR count). The highest BCUT2D eigenvalue weighted by Gasteiger charge is 2.50. The maximum atomic E-state index is 12.9. The number of nitrogens with zero attached hydrogens (tertiary/aromatic N) is 2. The van der Waals surface area contributed by atoms with E-state index in [-0.39, 0.29) is 29.0 Å². The molecule has 0 radical (unpaired) electrons. The first-order valence-corrected chi connectivity index (χ1v) is 9.42. The lowest BCUT2D eigenvalue weighted by molar-refractivity contribution is -0.131. The second-order valence-electron chi connectivity index (χ2n) is 7.60. The number of benzene rings is 2. The van der Waals surface area contributed by atoms with E-state index in [0.29, 0.717) is 18.7 Å². The van der Waals surface area contributed by atoms with Crippen molar-refractivity contribution in [3.8, 4) is 5.75 Å². The van der Waals surface area contributed by atoms with Gasteiger partial charge in [-0.1, -0.05) is 42.5 Å². The van der Waals surface area contributed by atoms with Gasteiger partial charge in [-0.05, 0) is 37.0 Å². The van der Waals surface area contributed by atoms with Crippen LogP contribution in [0.2, 0.25) is 0 Å². The van der Waals surface area contributed by atoms with Gasteiger partial charge in [-0.25, -0.2) is 0 Å². The number of hydrogen-bond acceptors (Lipinski definition) is 3. The van der Waals surface area contributed by atoms with Crippen LogP contribution in [0.5, 0.6) is 5.75 Å². The Balaban J connectivity index is 1.49. The fourth-order valence-electron chi connectivity index (χ4n) is 4.51. The number of rotatable bonds is 2. The summed E-state index contributed by atoms with van der Waals surface area (Å²) in [6.45, 7) is 1.18. The molecule has 1 spiro atoms. The van der Waals surface area contributed by atoms with Crippen molar-refractivity contribution in [3.63, 3.8) is 0 Å². The van der Waals surface area contributed by atoms with E-state index in [4.69, 9.17) is 0 Å². The summed E-state index contributed by atoms with van der Waals surface area (Å²) in [5, 5.41) is 9.95. The third-order valence-electron chi connectivity index (χ3n) is 6.24. The standard InChI is InChI=1S/C22H24N2O3/c1-23-20(26)18(16-7-3-2-4-8-16)15-22(23)11-13-24(14-12-22)21(27)17-9-5-6-10-19(17)25/h2-10,18,25H,11-15H2,1H3/t18-/m1/s1. The molecule has 2 amide bonds. The molecular formula is C22H24N2O3. The maximum Gasteiger partial charge on any atom is 0.257 e. The molecule has 1 N–H and O–H groups in total. The van der Waals surface area contributed by atoms with Gasteiger partial charge in [-0.15, -0.1) is 0 Å². The topological polar surface area (TPSA) is 60.9 Å². The molecular weight excluding hydrogens is 340 g/mol. The largest absolute Gasteiger partial charge is 0.507 e. The van der Waals surface area contributed by atoms with Crippen LogP contribution < -0.4 is 0 Å². The number of para-hydroxylation sites is 1. The average molecular weight is 364 g/mol. The zero-order valence-electron chi connectivity index (χ0n) is 15.5. The lowest BCUT2D eigenvalue weighted by Gasteiger charge is -2.43. The van der Waals surface area contributed by atoms with E-state index in [1.165, 1.54) is 6.07 Å². The zero-order valence-corrected chi connectivity index (χ0v) is 15.5. The Labute approximate surface area is 159 Å². The van der Waals surface area contributed by atoms with Crippen LogP contribution in [0.25, 0.3) is 0 Å². The van der Waals surface area contributed by atoms with Crippen molar-refractivity contribution in [1.82, 2.24) is 9.80 Å². The number of phenolic OH excluding ortho intramolecular Hbond substituents is 1. The fourth-order valence-corrected chi connectivity index (χ4v) is 4.51. The number of carbonyl (C=O) groups excluding carboxylic acids is 2. The fraction of sp³-hybridized carbons (Fsp3) is 0.364. The smallest absolute Gasteiger partial charge is 0.257 e. The summed E-state index contributed by atoms with van der Waals surface area (Å²) < 4.78 is 0. The van der Waals surface area contributed by atoms with Crippen molar-refractivity contribution < 1.29 is 14.7 Å². The molecule has 2 saturated heterocycles. The first-order chi connectivity index (χ1) is 13.0. The van der Waals surface area contributed by atoms with E-state index in [9.17, 15) is 14.7 Å². The van der Waals surface area contributed by atoms with Gasteiger partial charge in [0.15, 0.2) is 0 Å². The van der Waals surface area contributed by atoms with E-state index in [1.807, 2.05) is 42.3 Å². The van der Waals surface area contributed by atoms with Crippen LogP contribution in [0.4, 0.5) is 0 Å². The monoisotopic (exact) mass is 364 g/mol. The molecule has 2 aliphatic rings. The predicted octanol–water partition coefficient (Wildman–Crippen LogP) is 3.01. The third-order valence-corrected chi connectivity index (χ3v) is 6.24. The normalized spacial score (nSPS) is 21.7. The average Bonchev–Trinajstić information content (AvgIpc) is 2.94. The highest BCUT2D eigenvalue weighted by Crippen LogP contribution is 2.45. The van der Waals surface area contributed by atoms with Gasteiger partial charge in [0.25, 0.3) is 5.91 Å². The Hall–Kier alpha value is -2.82. The van der Waals surface area contributed by atoms with Crippen molar-refractivity contribution in [1.29, 1.82) is 0 Å². The number of likely N-dealkylation sites (N-methyl/N-ethyl adjacent to an activating group) is 1. The molecule has 1 atom stereocenters. The minimum Gasteiger partial charge on any atom is -0.507 e. The molecule has 2 aromatic carbocycles. The Morgan fingerprint density at radius 1 is 1.04 bits per heavy atom. The number of hydrogen-bond donors (Lipinski definition) is 1. The van der Waals surface area contributed by atoms with Crippen molar-refractivity contribution in [2.24, 2.45) is 0 Å².